The van der Waals surface area contributed by atoms with Crippen molar-refractivity contribution in [3.63, 3.8) is 0 Å². The van der Waals surface area contributed by atoms with Crippen molar-refractivity contribution in [3.05, 3.63) is 29.0 Å². The highest BCUT2D eigenvalue weighted by Gasteiger charge is 2.50. The summed E-state index contributed by atoms with van der Waals surface area (Å²) in [5.74, 6) is -1.27. The van der Waals surface area contributed by atoms with Gasteiger partial charge in [-0.25, -0.2) is 4.79 Å². The Morgan fingerprint density at radius 1 is 1.43 bits per heavy atom. The lowest BCUT2D eigenvalue weighted by atomic mass is 9.74. The van der Waals surface area contributed by atoms with E-state index >= 15 is 0 Å². The van der Waals surface area contributed by atoms with Crippen LogP contribution in [-0.2, 0) is 14.9 Å². The van der Waals surface area contributed by atoms with Crippen LogP contribution in [-0.4, -0.2) is 40.6 Å². The lowest BCUT2D eigenvalue weighted by Crippen LogP contribution is -2.68. The van der Waals surface area contributed by atoms with Gasteiger partial charge in [0.25, 0.3) is 0 Å². The molecule has 0 aliphatic carbocycles. The topological polar surface area (TPSA) is 82.6 Å². The van der Waals surface area contributed by atoms with Crippen molar-refractivity contribution < 1.29 is 19.4 Å². The van der Waals surface area contributed by atoms with Crippen molar-refractivity contribution in [1.82, 2.24) is 9.88 Å². The monoisotopic (exact) mass is 311 g/mol. The fraction of sp³-hybridized carbons (Fsp3) is 0.500. The number of aliphatic carboxylic acids is 1. The molecule has 1 saturated heterocycles. The van der Waals surface area contributed by atoms with Crippen LogP contribution in [0.1, 0.15) is 26.3 Å². The van der Waals surface area contributed by atoms with Gasteiger partial charge in [0, 0.05) is 25.5 Å². The fourth-order valence-corrected chi connectivity index (χ4v) is 2.53. The van der Waals surface area contributed by atoms with Crippen molar-refractivity contribution in [1.29, 1.82) is 0 Å². The molecule has 6 nitrogen and oxygen atoms in total. The molecule has 0 spiro atoms. The lowest BCUT2D eigenvalue weighted by Gasteiger charge is -2.50. The predicted molar refractivity (Wildman–Crippen MR) is 73.7 cm³/mol. The maximum atomic E-state index is 11.9. The molecule has 7 heteroatoms. The van der Waals surface area contributed by atoms with E-state index < -0.39 is 23.1 Å². The summed E-state index contributed by atoms with van der Waals surface area (Å²) in [5.41, 5.74) is -1.54. The molecule has 1 aromatic rings. The maximum Gasteiger partial charge on any atom is 0.410 e. The van der Waals surface area contributed by atoms with Crippen LogP contribution in [0.4, 0.5) is 4.79 Å². The Bertz CT molecular complexity index is 577. The van der Waals surface area contributed by atoms with Crippen molar-refractivity contribution >= 4 is 23.7 Å². The molecule has 1 aliphatic rings. The van der Waals surface area contributed by atoms with Crippen LogP contribution >= 0.6 is 11.6 Å². The summed E-state index contributed by atoms with van der Waals surface area (Å²) < 4.78 is 5.21. The molecule has 0 saturated carbocycles. The van der Waals surface area contributed by atoms with Gasteiger partial charge in [0.1, 0.15) is 5.60 Å². The minimum atomic E-state index is -1.31. The molecule has 0 N–H and O–H groups in total. The Morgan fingerprint density at radius 2 is 2.05 bits per heavy atom. The van der Waals surface area contributed by atoms with E-state index in [2.05, 4.69) is 4.98 Å². The molecular formula is C14H16ClN2O4-. The second kappa shape index (κ2) is 5.18. The average Bonchev–Trinajstić information content (AvgIpc) is 2.27. The standard InChI is InChI=1S/C14H17ClN2O4/c1-13(2,3)21-12(20)17-7-14(8-17,11(18)19)9-4-5-16-6-10(9)15/h4-6H,7-8H2,1-3H3,(H,18,19)/p-1. The number of rotatable bonds is 2. The van der Waals surface area contributed by atoms with Crippen molar-refractivity contribution in [2.75, 3.05) is 13.1 Å². The number of ether oxygens (including phenoxy) is 1. The molecule has 0 aromatic carbocycles. The van der Waals surface area contributed by atoms with Crippen LogP contribution in [0.25, 0.3) is 0 Å². The van der Waals surface area contributed by atoms with Crippen LogP contribution in [0.2, 0.25) is 5.02 Å². The number of carbonyl (C=O) groups is 2. The van der Waals surface area contributed by atoms with Gasteiger partial charge in [-0.05, 0) is 32.4 Å². The Labute approximate surface area is 127 Å². The minimum Gasteiger partial charge on any atom is -0.549 e. The van der Waals surface area contributed by atoms with E-state index in [4.69, 9.17) is 16.3 Å². The second-order valence-electron chi connectivity index (χ2n) is 6.06. The Morgan fingerprint density at radius 3 is 2.52 bits per heavy atom. The molecule has 0 radical (unpaired) electrons. The summed E-state index contributed by atoms with van der Waals surface area (Å²) in [5, 5.41) is 11.8. The number of pyridine rings is 1. The van der Waals surface area contributed by atoms with Crippen LogP contribution < -0.4 is 5.11 Å². The number of aromatic nitrogens is 1. The molecule has 1 amide bonds. The molecule has 0 bridgehead atoms. The molecule has 0 atom stereocenters. The SMILES string of the molecule is CC(C)(C)OC(=O)N1CC(C(=O)[O-])(c2ccncc2Cl)C1. The zero-order chi connectivity index (χ0) is 15.8. The van der Waals surface area contributed by atoms with Crippen LogP contribution in [0.5, 0.6) is 0 Å². The van der Waals surface area contributed by atoms with Crippen LogP contribution in [0.15, 0.2) is 18.5 Å². The minimum absolute atomic E-state index is 0.0338. The smallest absolute Gasteiger partial charge is 0.410 e. The van der Waals surface area contributed by atoms with Gasteiger partial charge in [0.15, 0.2) is 0 Å². The number of likely N-dealkylation sites (tertiary alicyclic amines) is 1. The average molecular weight is 312 g/mol. The number of carboxylic acids is 1. The van der Waals surface area contributed by atoms with E-state index in [1.54, 1.807) is 20.8 Å². The zero-order valence-corrected chi connectivity index (χ0v) is 12.8. The van der Waals surface area contributed by atoms with E-state index in [1.807, 2.05) is 0 Å². The molecule has 114 valence electrons. The highest BCUT2D eigenvalue weighted by atomic mass is 35.5. The Balaban J connectivity index is 2.18. The van der Waals surface area contributed by atoms with E-state index in [9.17, 15) is 14.7 Å². The lowest BCUT2D eigenvalue weighted by molar-refractivity contribution is -0.318. The van der Waals surface area contributed by atoms with E-state index in [0.717, 1.165) is 0 Å². The number of hydrogen-bond donors (Lipinski definition) is 0. The van der Waals surface area contributed by atoms with Crippen molar-refractivity contribution in [2.45, 2.75) is 31.8 Å². The number of nitrogens with zero attached hydrogens (tertiary/aromatic N) is 2. The first-order valence-electron chi connectivity index (χ1n) is 6.45. The molecule has 21 heavy (non-hydrogen) atoms. The third kappa shape index (κ3) is 2.95. The summed E-state index contributed by atoms with van der Waals surface area (Å²) in [7, 11) is 0. The number of carbonyl (C=O) groups excluding carboxylic acids is 2. The number of hydrogen-bond acceptors (Lipinski definition) is 5. The van der Waals surface area contributed by atoms with Crippen molar-refractivity contribution in [2.24, 2.45) is 0 Å². The summed E-state index contributed by atoms with van der Waals surface area (Å²) in [6.07, 6.45) is 2.28. The fourth-order valence-electron chi connectivity index (χ4n) is 2.23. The van der Waals surface area contributed by atoms with Gasteiger partial charge in [0.05, 0.1) is 16.4 Å². The molecular weight excluding hydrogens is 296 g/mol. The number of halogens is 1. The van der Waals surface area contributed by atoms with Crippen LogP contribution in [0, 0.1) is 0 Å². The second-order valence-corrected chi connectivity index (χ2v) is 6.47. The largest absolute Gasteiger partial charge is 0.549 e. The molecule has 1 aliphatic heterocycles. The van der Waals surface area contributed by atoms with Gasteiger partial charge < -0.3 is 19.5 Å². The van der Waals surface area contributed by atoms with Gasteiger partial charge in [-0.2, -0.15) is 0 Å². The molecule has 1 fully saturated rings. The first-order chi connectivity index (χ1) is 9.66. The normalized spacial score (nSPS) is 17.0. The molecule has 2 rings (SSSR count). The molecule has 1 aromatic heterocycles. The highest BCUT2D eigenvalue weighted by molar-refractivity contribution is 6.31. The Kier molecular flexibility index (Phi) is 3.84. The summed E-state index contributed by atoms with van der Waals surface area (Å²) in [6, 6.07) is 1.53. The highest BCUT2D eigenvalue weighted by Crippen LogP contribution is 2.38. The third-order valence-corrected chi connectivity index (χ3v) is 3.55. The number of amides is 1. The molecule has 0 unspecified atom stereocenters. The third-order valence-electron chi connectivity index (χ3n) is 3.25. The first kappa shape index (κ1) is 15.6. The van der Waals surface area contributed by atoms with Gasteiger partial charge >= 0.3 is 6.09 Å². The summed E-state index contributed by atoms with van der Waals surface area (Å²) in [4.78, 5) is 28.6. The number of carboxylic acid groups (broad SMARTS) is 1. The quantitative estimate of drug-likeness (QED) is 0.813. The summed E-state index contributed by atoms with van der Waals surface area (Å²) in [6.45, 7) is 5.17. The van der Waals surface area contributed by atoms with Gasteiger partial charge in [-0.15, -0.1) is 0 Å². The maximum absolute atomic E-state index is 11.9. The zero-order valence-electron chi connectivity index (χ0n) is 12.1. The van der Waals surface area contributed by atoms with E-state index in [0.29, 0.717) is 5.56 Å². The summed E-state index contributed by atoms with van der Waals surface area (Å²) >= 11 is 6.01. The predicted octanol–water partition coefficient (Wildman–Crippen LogP) is 0.973. The van der Waals surface area contributed by atoms with Gasteiger partial charge in [-0.1, -0.05) is 11.6 Å². The van der Waals surface area contributed by atoms with Crippen molar-refractivity contribution in [3.8, 4) is 0 Å². The molecule has 2 heterocycles. The van der Waals surface area contributed by atoms with E-state index in [1.165, 1.54) is 23.4 Å². The Hall–Kier alpha value is -1.82. The first-order valence-corrected chi connectivity index (χ1v) is 6.83. The van der Waals surface area contributed by atoms with Gasteiger partial charge in [-0.3, -0.25) is 4.98 Å². The van der Waals surface area contributed by atoms with E-state index in [-0.39, 0.29) is 18.1 Å². The van der Waals surface area contributed by atoms with Crippen LogP contribution in [0.3, 0.4) is 0 Å². The van der Waals surface area contributed by atoms with Gasteiger partial charge in [0.2, 0.25) is 0 Å².